The summed E-state index contributed by atoms with van der Waals surface area (Å²) in [7, 11) is 0. The smallest absolute Gasteiger partial charge is 0.326 e. The lowest BCUT2D eigenvalue weighted by Crippen LogP contribution is -2.56. The fourth-order valence-electron chi connectivity index (χ4n) is 5.11. The van der Waals surface area contributed by atoms with Gasteiger partial charge in [-0.15, -0.1) is 0 Å². The van der Waals surface area contributed by atoms with Gasteiger partial charge >= 0.3 is 5.97 Å². The summed E-state index contributed by atoms with van der Waals surface area (Å²) in [6.07, 6.45) is -1.45. The molecular weight excluding hydrogens is 462 g/mol. The van der Waals surface area contributed by atoms with Crippen molar-refractivity contribution in [1.82, 2.24) is 4.90 Å². The molecule has 0 saturated carbocycles. The second kappa shape index (κ2) is 11.6. The number of hydrogen-bond acceptors (Lipinski definition) is 5. The first-order valence-electron chi connectivity index (χ1n) is 13.1. The highest BCUT2D eigenvalue weighted by molar-refractivity contribution is 5.77. The maximum absolute atomic E-state index is 13.8. The minimum absolute atomic E-state index is 0.165. The number of nitrogens with zero attached hydrogens (tertiary/aromatic N) is 1. The molecule has 0 amide bonds. The van der Waals surface area contributed by atoms with Crippen LogP contribution in [0.15, 0.2) is 91.0 Å². The van der Waals surface area contributed by atoms with Gasteiger partial charge in [-0.25, -0.2) is 0 Å². The van der Waals surface area contributed by atoms with Crippen molar-refractivity contribution in [3.05, 3.63) is 108 Å². The monoisotopic (exact) mass is 501 g/mol. The van der Waals surface area contributed by atoms with Crippen molar-refractivity contribution in [3.8, 4) is 0 Å². The Labute approximate surface area is 221 Å². The molecule has 3 aromatic carbocycles. The lowest BCUT2D eigenvalue weighted by molar-refractivity contribution is -0.172. The van der Waals surface area contributed by atoms with Crippen molar-refractivity contribution in [2.75, 3.05) is 6.61 Å². The zero-order valence-corrected chi connectivity index (χ0v) is 22.5. The third kappa shape index (κ3) is 6.30. The van der Waals surface area contributed by atoms with Gasteiger partial charge < -0.3 is 14.6 Å². The van der Waals surface area contributed by atoms with Crippen LogP contribution in [0.4, 0.5) is 0 Å². The van der Waals surface area contributed by atoms with E-state index in [0.717, 1.165) is 16.7 Å². The van der Waals surface area contributed by atoms with E-state index in [1.54, 1.807) is 0 Å². The molecule has 1 heterocycles. The maximum atomic E-state index is 13.8. The molecule has 5 nitrogen and oxygen atoms in total. The molecule has 1 aliphatic rings. The van der Waals surface area contributed by atoms with Crippen LogP contribution in [0.5, 0.6) is 0 Å². The van der Waals surface area contributed by atoms with Crippen LogP contribution >= 0.6 is 0 Å². The zero-order valence-electron chi connectivity index (χ0n) is 22.5. The molecule has 1 unspecified atom stereocenters. The topological polar surface area (TPSA) is 59.0 Å². The quantitative estimate of drug-likeness (QED) is 0.387. The van der Waals surface area contributed by atoms with Gasteiger partial charge in [0.1, 0.15) is 17.9 Å². The average molecular weight is 502 g/mol. The Hall–Kier alpha value is -2.99. The Morgan fingerprint density at radius 3 is 1.84 bits per heavy atom. The molecule has 0 aromatic heterocycles. The third-order valence-electron chi connectivity index (χ3n) is 6.84. The van der Waals surface area contributed by atoms with Gasteiger partial charge in [-0.1, -0.05) is 105 Å². The number of rotatable bonds is 8. The van der Waals surface area contributed by atoms with Gasteiger partial charge in [0.2, 0.25) is 0 Å². The number of carbonyl (C=O) groups excluding carboxylic acids is 1. The molecule has 1 aliphatic heterocycles. The minimum Gasteiger partial charge on any atom is -0.459 e. The molecule has 4 rings (SSSR count). The Bertz CT molecular complexity index is 1090. The Balaban J connectivity index is 1.88. The first-order chi connectivity index (χ1) is 17.7. The third-order valence-corrected chi connectivity index (χ3v) is 6.84. The lowest BCUT2D eigenvalue weighted by Gasteiger charge is -2.41. The Kier molecular flexibility index (Phi) is 8.48. The van der Waals surface area contributed by atoms with Crippen LogP contribution in [0.3, 0.4) is 0 Å². The second-order valence-corrected chi connectivity index (χ2v) is 11.1. The fraction of sp³-hybridized carbons (Fsp3) is 0.406. The molecule has 0 bridgehead atoms. The summed E-state index contributed by atoms with van der Waals surface area (Å²) in [5.41, 5.74) is 2.51. The van der Waals surface area contributed by atoms with Gasteiger partial charge in [0.25, 0.3) is 0 Å². The predicted octanol–water partition coefficient (Wildman–Crippen LogP) is 5.95. The number of aliphatic hydroxyl groups excluding tert-OH is 1. The SMILES string of the molecule is CC(C)[C@H](O)[C@@H](C(=O)OC(C)(C)C)N1C(C(c2ccccc2)c2ccccc2)OC[C@H]1c1ccccc1. The number of hydrogen-bond donors (Lipinski definition) is 1. The highest BCUT2D eigenvalue weighted by Gasteiger charge is 2.50. The van der Waals surface area contributed by atoms with E-state index in [1.807, 2.05) is 89.2 Å². The van der Waals surface area contributed by atoms with Crippen LogP contribution in [-0.2, 0) is 14.3 Å². The van der Waals surface area contributed by atoms with Crippen molar-refractivity contribution in [1.29, 1.82) is 0 Å². The van der Waals surface area contributed by atoms with Crippen molar-refractivity contribution >= 4 is 5.97 Å². The van der Waals surface area contributed by atoms with E-state index >= 15 is 0 Å². The number of ether oxygens (including phenoxy) is 2. The van der Waals surface area contributed by atoms with Gasteiger partial charge in [0, 0.05) is 5.92 Å². The van der Waals surface area contributed by atoms with E-state index in [4.69, 9.17) is 9.47 Å². The molecular formula is C32H39NO4. The van der Waals surface area contributed by atoms with Gasteiger partial charge in [-0.2, -0.15) is 0 Å². The molecule has 1 fully saturated rings. The van der Waals surface area contributed by atoms with Crippen LogP contribution in [0.1, 0.15) is 63.3 Å². The van der Waals surface area contributed by atoms with E-state index in [2.05, 4.69) is 41.3 Å². The van der Waals surface area contributed by atoms with Crippen molar-refractivity contribution in [2.45, 2.75) is 70.6 Å². The molecule has 5 heteroatoms. The second-order valence-electron chi connectivity index (χ2n) is 11.1. The van der Waals surface area contributed by atoms with Gasteiger partial charge in [-0.3, -0.25) is 9.69 Å². The molecule has 0 radical (unpaired) electrons. The maximum Gasteiger partial charge on any atom is 0.326 e. The Morgan fingerprint density at radius 1 is 0.892 bits per heavy atom. The first kappa shape index (κ1) is 27.1. The molecule has 0 aliphatic carbocycles. The highest BCUT2D eigenvalue weighted by atomic mass is 16.6. The van der Waals surface area contributed by atoms with Crippen molar-refractivity contribution in [3.63, 3.8) is 0 Å². The van der Waals surface area contributed by atoms with E-state index in [-0.39, 0.29) is 17.9 Å². The number of carbonyl (C=O) groups is 1. The summed E-state index contributed by atoms with van der Waals surface area (Å²) in [6, 6.07) is 29.4. The average Bonchev–Trinajstić information content (AvgIpc) is 3.29. The molecule has 37 heavy (non-hydrogen) atoms. The van der Waals surface area contributed by atoms with Crippen molar-refractivity contribution in [2.24, 2.45) is 5.92 Å². The summed E-state index contributed by atoms with van der Waals surface area (Å²) in [6.45, 7) is 9.82. The predicted molar refractivity (Wildman–Crippen MR) is 146 cm³/mol. The molecule has 4 atom stereocenters. The molecule has 196 valence electrons. The van der Waals surface area contributed by atoms with E-state index < -0.39 is 29.9 Å². The van der Waals surface area contributed by atoms with E-state index in [9.17, 15) is 9.90 Å². The number of esters is 1. The molecule has 3 aromatic rings. The molecule has 1 saturated heterocycles. The van der Waals surface area contributed by atoms with Gasteiger partial charge in [0.15, 0.2) is 0 Å². The van der Waals surface area contributed by atoms with E-state index in [0.29, 0.717) is 6.61 Å². The summed E-state index contributed by atoms with van der Waals surface area (Å²) in [5.74, 6) is -0.785. The zero-order chi connectivity index (χ0) is 26.6. The number of aliphatic hydroxyl groups is 1. The summed E-state index contributed by atoms with van der Waals surface area (Å²) in [4.78, 5) is 15.9. The van der Waals surface area contributed by atoms with E-state index in [1.165, 1.54) is 0 Å². The van der Waals surface area contributed by atoms with Gasteiger partial charge in [-0.05, 0) is 43.4 Å². The lowest BCUT2D eigenvalue weighted by atomic mass is 9.87. The van der Waals surface area contributed by atoms with Crippen LogP contribution in [-0.4, -0.2) is 46.6 Å². The van der Waals surface area contributed by atoms with Crippen LogP contribution in [0, 0.1) is 5.92 Å². The molecule has 1 N–H and O–H groups in total. The highest BCUT2D eigenvalue weighted by Crippen LogP contribution is 2.43. The summed E-state index contributed by atoms with van der Waals surface area (Å²) >= 11 is 0. The summed E-state index contributed by atoms with van der Waals surface area (Å²) < 4.78 is 12.5. The fourth-order valence-corrected chi connectivity index (χ4v) is 5.11. The Morgan fingerprint density at radius 2 is 1.38 bits per heavy atom. The number of benzene rings is 3. The van der Waals surface area contributed by atoms with Crippen molar-refractivity contribution < 1.29 is 19.4 Å². The largest absolute Gasteiger partial charge is 0.459 e. The van der Waals surface area contributed by atoms with Crippen LogP contribution < -0.4 is 0 Å². The van der Waals surface area contributed by atoms with Crippen LogP contribution in [0.25, 0.3) is 0 Å². The summed E-state index contributed by atoms with van der Waals surface area (Å²) in [5, 5.41) is 11.5. The minimum atomic E-state index is -0.947. The van der Waals surface area contributed by atoms with Crippen LogP contribution in [0.2, 0.25) is 0 Å². The molecule has 0 spiro atoms. The van der Waals surface area contributed by atoms with Gasteiger partial charge in [0.05, 0.1) is 18.8 Å². The first-order valence-corrected chi connectivity index (χ1v) is 13.1. The standard InChI is InChI=1S/C32H39NO4/c1-22(2)29(34)28(31(35)37-32(3,4)5)33-26(23-15-9-6-10-16-23)21-36-30(33)27(24-17-11-7-12-18-24)25-19-13-8-14-20-25/h6-20,22,26-30,34H,21H2,1-5H3/t26-,28-,29-,30?/m0/s1. The normalized spacial score (nSPS) is 20.2.